The van der Waals surface area contributed by atoms with Gasteiger partial charge in [0.25, 0.3) is 0 Å². The van der Waals surface area contributed by atoms with Crippen molar-refractivity contribution in [3.05, 3.63) is 18.5 Å². The average molecular weight is 154 g/mol. The molecule has 1 aromatic heterocycles. The van der Waals surface area contributed by atoms with Gasteiger partial charge < -0.3 is 10.8 Å². The standard InChI is InChI=1S/C5H6N4O2/c6-4(8-5(10)11)9-3-1-2-7-9/h1-3H,(H2,6,8)(H,10,11). The fourth-order valence-electron chi connectivity index (χ4n) is 0.554. The van der Waals surface area contributed by atoms with Crippen LogP contribution in [0.2, 0.25) is 0 Å². The van der Waals surface area contributed by atoms with Gasteiger partial charge in [-0.1, -0.05) is 0 Å². The van der Waals surface area contributed by atoms with Crippen LogP contribution in [0.5, 0.6) is 0 Å². The zero-order valence-corrected chi connectivity index (χ0v) is 5.51. The maximum Gasteiger partial charge on any atom is 0.434 e. The van der Waals surface area contributed by atoms with Gasteiger partial charge in [-0.2, -0.15) is 5.10 Å². The van der Waals surface area contributed by atoms with E-state index in [9.17, 15) is 4.79 Å². The molecule has 0 saturated carbocycles. The topological polar surface area (TPSA) is 93.5 Å². The van der Waals surface area contributed by atoms with Gasteiger partial charge in [0.2, 0.25) is 5.96 Å². The first-order valence-corrected chi connectivity index (χ1v) is 2.77. The summed E-state index contributed by atoms with van der Waals surface area (Å²) in [5, 5.41) is 11.8. The van der Waals surface area contributed by atoms with Crippen LogP contribution in [-0.2, 0) is 0 Å². The van der Waals surface area contributed by atoms with Crippen LogP contribution in [0.15, 0.2) is 23.5 Å². The van der Waals surface area contributed by atoms with Crippen molar-refractivity contribution >= 4 is 12.1 Å². The highest BCUT2D eigenvalue weighted by Gasteiger charge is 1.97. The molecule has 0 bridgehead atoms. The summed E-state index contributed by atoms with van der Waals surface area (Å²) in [5.74, 6) is -0.164. The summed E-state index contributed by atoms with van der Waals surface area (Å²) in [5.41, 5.74) is 5.21. The summed E-state index contributed by atoms with van der Waals surface area (Å²) in [7, 11) is 0. The highest BCUT2D eigenvalue weighted by molar-refractivity contribution is 5.89. The van der Waals surface area contributed by atoms with Crippen molar-refractivity contribution in [2.24, 2.45) is 10.7 Å². The van der Waals surface area contributed by atoms with Crippen LogP contribution >= 0.6 is 0 Å². The average Bonchev–Trinajstić information content (AvgIpc) is 2.35. The first kappa shape index (κ1) is 7.26. The normalized spacial score (nSPS) is 11.5. The third-order valence-electron chi connectivity index (χ3n) is 0.949. The number of carboxylic acid groups (broad SMARTS) is 1. The van der Waals surface area contributed by atoms with Gasteiger partial charge in [0.05, 0.1) is 0 Å². The summed E-state index contributed by atoms with van der Waals surface area (Å²) in [6, 6.07) is 1.62. The van der Waals surface area contributed by atoms with Gasteiger partial charge in [0.1, 0.15) is 0 Å². The molecule has 1 aromatic rings. The van der Waals surface area contributed by atoms with Gasteiger partial charge in [0, 0.05) is 12.4 Å². The molecule has 0 aromatic carbocycles. The van der Waals surface area contributed by atoms with Gasteiger partial charge in [-0.3, -0.25) is 0 Å². The van der Waals surface area contributed by atoms with E-state index in [2.05, 4.69) is 10.1 Å². The smallest absolute Gasteiger partial charge is 0.434 e. The number of rotatable bonds is 0. The van der Waals surface area contributed by atoms with Gasteiger partial charge >= 0.3 is 6.09 Å². The molecule has 0 aliphatic heterocycles. The first-order valence-electron chi connectivity index (χ1n) is 2.77. The lowest BCUT2D eigenvalue weighted by Gasteiger charge is -1.95. The minimum atomic E-state index is -1.34. The number of amides is 1. The maximum absolute atomic E-state index is 10.00. The molecular formula is C5H6N4O2. The molecule has 0 spiro atoms. The summed E-state index contributed by atoms with van der Waals surface area (Å²) >= 11 is 0. The first-order chi connectivity index (χ1) is 5.20. The molecule has 1 amide bonds. The Labute approximate surface area is 62.0 Å². The predicted molar refractivity (Wildman–Crippen MR) is 37.3 cm³/mol. The highest BCUT2D eigenvalue weighted by atomic mass is 16.4. The molecule has 0 fully saturated rings. The van der Waals surface area contributed by atoms with Crippen LogP contribution in [0.4, 0.5) is 4.79 Å². The monoisotopic (exact) mass is 154 g/mol. The van der Waals surface area contributed by atoms with E-state index in [-0.39, 0.29) is 5.96 Å². The molecular weight excluding hydrogens is 148 g/mol. The van der Waals surface area contributed by atoms with Crippen molar-refractivity contribution in [3.8, 4) is 0 Å². The number of hydrogen-bond acceptors (Lipinski definition) is 2. The molecule has 1 heterocycles. The van der Waals surface area contributed by atoms with Crippen LogP contribution < -0.4 is 5.73 Å². The van der Waals surface area contributed by atoms with E-state index in [1.807, 2.05) is 0 Å². The SMILES string of the molecule is NC(=NC(=O)O)n1cccn1. The fourth-order valence-corrected chi connectivity index (χ4v) is 0.554. The van der Waals surface area contributed by atoms with Crippen LogP contribution in [0, 0.1) is 0 Å². The molecule has 0 saturated heterocycles. The van der Waals surface area contributed by atoms with Crippen LogP contribution in [0.1, 0.15) is 0 Å². The Balaban J connectivity index is 2.86. The lowest BCUT2D eigenvalue weighted by Crippen LogP contribution is -2.23. The van der Waals surface area contributed by atoms with Crippen molar-refractivity contribution in [1.82, 2.24) is 9.78 Å². The minimum absolute atomic E-state index is 0.164. The molecule has 3 N–H and O–H groups in total. The van der Waals surface area contributed by atoms with Crippen LogP contribution in [0.3, 0.4) is 0 Å². The van der Waals surface area contributed by atoms with Gasteiger partial charge in [0.15, 0.2) is 0 Å². The van der Waals surface area contributed by atoms with E-state index < -0.39 is 6.09 Å². The fraction of sp³-hybridized carbons (Fsp3) is 0. The summed E-state index contributed by atoms with van der Waals surface area (Å²) in [6.45, 7) is 0. The van der Waals surface area contributed by atoms with Gasteiger partial charge in [-0.05, 0) is 6.07 Å². The Morgan fingerprint density at radius 2 is 2.45 bits per heavy atom. The minimum Gasteiger partial charge on any atom is -0.463 e. The second kappa shape index (κ2) is 2.82. The lowest BCUT2D eigenvalue weighted by atomic mass is 10.7. The zero-order chi connectivity index (χ0) is 8.27. The second-order valence-corrected chi connectivity index (χ2v) is 1.70. The van der Waals surface area contributed by atoms with E-state index in [0.29, 0.717) is 0 Å². The molecule has 1 rings (SSSR count). The molecule has 0 aliphatic rings. The Kier molecular flexibility index (Phi) is 1.86. The Hall–Kier alpha value is -1.85. The Morgan fingerprint density at radius 1 is 1.73 bits per heavy atom. The highest BCUT2D eigenvalue weighted by Crippen LogP contribution is 1.82. The van der Waals surface area contributed by atoms with Crippen LogP contribution in [-0.4, -0.2) is 26.9 Å². The Bertz CT molecular complexity index is 277. The van der Waals surface area contributed by atoms with Crippen molar-refractivity contribution < 1.29 is 9.90 Å². The van der Waals surface area contributed by atoms with Gasteiger partial charge in [-0.25, -0.2) is 9.48 Å². The van der Waals surface area contributed by atoms with E-state index in [4.69, 9.17) is 10.8 Å². The molecule has 6 heteroatoms. The Morgan fingerprint density at radius 3 is 2.91 bits per heavy atom. The molecule has 6 nitrogen and oxygen atoms in total. The van der Waals surface area contributed by atoms with Crippen LogP contribution in [0.25, 0.3) is 0 Å². The van der Waals surface area contributed by atoms with Crippen molar-refractivity contribution in [2.75, 3.05) is 0 Å². The molecule has 0 unspecified atom stereocenters. The quantitative estimate of drug-likeness (QED) is 0.397. The number of nitrogens with zero attached hydrogens (tertiary/aromatic N) is 3. The maximum atomic E-state index is 10.00. The molecule has 0 aliphatic carbocycles. The zero-order valence-electron chi connectivity index (χ0n) is 5.51. The molecule has 0 radical (unpaired) electrons. The number of aromatic nitrogens is 2. The summed E-state index contributed by atoms with van der Waals surface area (Å²) in [6.07, 6.45) is 1.64. The second-order valence-electron chi connectivity index (χ2n) is 1.70. The number of hydrogen-bond donors (Lipinski definition) is 2. The van der Waals surface area contributed by atoms with Crippen molar-refractivity contribution in [1.29, 1.82) is 0 Å². The number of aliphatic imine (C=N–C) groups is 1. The van der Waals surface area contributed by atoms with E-state index in [1.165, 1.54) is 12.4 Å². The van der Waals surface area contributed by atoms with Crippen molar-refractivity contribution in [3.63, 3.8) is 0 Å². The largest absolute Gasteiger partial charge is 0.463 e. The lowest BCUT2D eigenvalue weighted by molar-refractivity contribution is 0.205. The van der Waals surface area contributed by atoms with E-state index in [1.54, 1.807) is 6.07 Å². The third-order valence-corrected chi connectivity index (χ3v) is 0.949. The van der Waals surface area contributed by atoms with E-state index >= 15 is 0 Å². The number of nitrogens with two attached hydrogens (primary N) is 1. The van der Waals surface area contributed by atoms with E-state index in [0.717, 1.165) is 4.68 Å². The molecule has 0 atom stereocenters. The molecule has 11 heavy (non-hydrogen) atoms. The number of carbonyl (C=O) groups is 1. The molecule has 58 valence electrons. The summed E-state index contributed by atoms with van der Waals surface area (Å²) in [4.78, 5) is 13.0. The predicted octanol–water partition coefficient (Wildman–Crippen LogP) is -0.276. The third kappa shape index (κ3) is 1.78. The van der Waals surface area contributed by atoms with Gasteiger partial charge in [-0.15, -0.1) is 4.99 Å². The van der Waals surface area contributed by atoms with Crippen molar-refractivity contribution in [2.45, 2.75) is 0 Å². The summed E-state index contributed by atoms with van der Waals surface area (Å²) < 4.78 is 1.16.